The molecule has 0 saturated heterocycles. The topological polar surface area (TPSA) is 38.3 Å². The molecule has 0 aliphatic heterocycles. The van der Waals surface area contributed by atoms with Gasteiger partial charge in [-0.1, -0.05) is 0 Å². The van der Waals surface area contributed by atoms with Crippen molar-refractivity contribution in [2.45, 2.75) is 17.8 Å². The van der Waals surface area contributed by atoms with Gasteiger partial charge in [-0.2, -0.15) is 0 Å². The summed E-state index contributed by atoms with van der Waals surface area (Å²) < 4.78 is 7.00. The first-order valence-electron chi connectivity index (χ1n) is 8.88. The number of carbonyl (C=O) groups is 1. The van der Waals surface area contributed by atoms with Crippen molar-refractivity contribution in [1.29, 1.82) is 0 Å². The van der Waals surface area contributed by atoms with Gasteiger partial charge in [0.25, 0.3) is 0 Å². The summed E-state index contributed by atoms with van der Waals surface area (Å²) in [6.45, 7) is 2.42. The number of hydrogen-bond acceptors (Lipinski definition) is 3. The molecule has 0 aliphatic rings. The first-order chi connectivity index (χ1) is 13.1. The van der Waals surface area contributed by atoms with E-state index in [1.54, 1.807) is 12.1 Å². The van der Waals surface area contributed by atoms with E-state index >= 15 is 0 Å². The predicted octanol–water partition coefficient (Wildman–Crippen LogP) is 4.16. The van der Waals surface area contributed by atoms with E-state index in [2.05, 4.69) is 36.5 Å². The van der Waals surface area contributed by atoms with Crippen LogP contribution in [0.1, 0.15) is 17.3 Å². The van der Waals surface area contributed by atoms with E-state index in [0.29, 0.717) is 12.2 Å². The Balaban J connectivity index is 1.69. The van der Waals surface area contributed by atoms with E-state index in [-0.39, 0.29) is 26.5 Å². The molecule has 0 heterocycles. The zero-order chi connectivity index (χ0) is 19.0. The van der Waals surface area contributed by atoms with E-state index in [9.17, 15) is 4.79 Å². The normalized spacial score (nSPS) is 12.8. The van der Waals surface area contributed by atoms with E-state index in [1.807, 2.05) is 54.6 Å². The SMILES string of the molecule is CC(COC(=O)c1ccccc1)(C[Se]c1ccccc1)Nc1ccccc1. The average Bonchev–Trinajstić information content (AvgIpc) is 2.73. The minimum absolute atomic E-state index is 0.275. The summed E-state index contributed by atoms with van der Waals surface area (Å²) in [6, 6.07) is 29.7. The van der Waals surface area contributed by atoms with E-state index < -0.39 is 0 Å². The van der Waals surface area contributed by atoms with Crippen molar-refractivity contribution in [2.24, 2.45) is 0 Å². The van der Waals surface area contributed by atoms with Crippen molar-refractivity contribution in [3.63, 3.8) is 0 Å². The van der Waals surface area contributed by atoms with E-state index in [0.717, 1.165) is 11.0 Å². The zero-order valence-electron chi connectivity index (χ0n) is 15.3. The summed E-state index contributed by atoms with van der Waals surface area (Å²) in [7, 11) is 0. The molecule has 1 N–H and O–H groups in total. The fraction of sp³-hybridized carbons (Fsp3) is 0.174. The summed E-state index contributed by atoms with van der Waals surface area (Å²) in [6.07, 6.45) is 0. The summed E-state index contributed by atoms with van der Waals surface area (Å²) in [5.74, 6) is -0.288. The number of nitrogens with one attached hydrogen (secondary N) is 1. The molecule has 0 aliphatic carbocycles. The summed E-state index contributed by atoms with van der Waals surface area (Å²) >= 11 is 0.275. The number of benzene rings is 3. The van der Waals surface area contributed by atoms with Gasteiger partial charge < -0.3 is 0 Å². The van der Waals surface area contributed by atoms with Gasteiger partial charge in [-0.3, -0.25) is 0 Å². The van der Waals surface area contributed by atoms with Crippen LogP contribution in [0.15, 0.2) is 91.0 Å². The molecule has 0 fully saturated rings. The van der Waals surface area contributed by atoms with Crippen LogP contribution < -0.4 is 9.78 Å². The maximum atomic E-state index is 12.4. The Hall–Kier alpha value is -2.55. The van der Waals surface area contributed by atoms with Crippen molar-refractivity contribution >= 4 is 31.1 Å². The van der Waals surface area contributed by atoms with Gasteiger partial charge in [-0.05, 0) is 0 Å². The molecule has 1 atom stereocenters. The van der Waals surface area contributed by atoms with Crippen molar-refractivity contribution < 1.29 is 9.53 Å². The number of esters is 1. The van der Waals surface area contributed by atoms with Crippen molar-refractivity contribution in [2.75, 3.05) is 11.9 Å². The first kappa shape index (κ1) is 19.2. The standard InChI is InChI=1S/C23H23NO2Se/c1-23(24-20-13-7-3-8-14-20,18-27-21-15-9-4-10-16-21)17-26-22(25)19-11-5-2-6-12-19/h2-16,24H,17-18H2,1H3. The Labute approximate surface area is 166 Å². The van der Waals surface area contributed by atoms with Crippen molar-refractivity contribution in [3.8, 4) is 0 Å². The number of para-hydroxylation sites is 1. The number of carbonyl (C=O) groups excluding carboxylic acids is 1. The van der Waals surface area contributed by atoms with Crippen LogP contribution >= 0.6 is 0 Å². The van der Waals surface area contributed by atoms with Crippen LogP contribution in [0.4, 0.5) is 5.69 Å². The molecule has 3 rings (SSSR count). The zero-order valence-corrected chi connectivity index (χ0v) is 17.0. The van der Waals surface area contributed by atoms with Gasteiger partial charge >= 0.3 is 167 Å². The van der Waals surface area contributed by atoms with Crippen LogP contribution in [0.5, 0.6) is 0 Å². The second-order valence-electron chi connectivity index (χ2n) is 6.60. The van der Waals surface area contributed by atoms with Crippen molar-refractivity contribution in [1.82, 2.24) is 0 Å². The van der Waals surface area contributed by atoms with Gasteiger partial charge in [0.05, 0.1) is 0 Å². The molecular weight excluding hydrogens is 401 g/mol. The van der Waals surface area contributed by atoms with Crippen LogP contribution in [0.2, 0.25) is 5.32 Å². The average molecular weight is 424 g/mol. The number of anilines is 1. The van der Waals surface area contributed by atoms with Crippen molar-refractivity contribution in [3.05, 3.63) is 96.6 Å². The monoisotopic (exact) mass is 425 g/mol. The Kier molecular flexibility index (Phi) is 6.69. The van der Waals surface area contributed by atoms with Gasteiger partial charge in [-0.25, -0.2) is 0 Å². The molecular formula is C23H23NO2Se. The quantitative estimate of drug-likeness (QED) is 0.436. The Morgan fingerprint density at radius 1 is 0.889 bits per heavy atom. The Morgan fingerprint density at radius 2 is 1.44 bits per heavy atom. The molecule has 0 bridgehead atoms. The van der Waals surface area contributed by atoms with Crippen LogP contribution in [-0.4, -0.2) is 33.1 Å². The molecule has 0 spiro atoms. The third-order valence-electron chi connectivity index (χ3n) is 4.05. The molecule has 4 heteroatoms. The summed E-state index contributed by atoms with van der Waals surface area (Å²) in [5, 5.41) is 4.47. The molecule has 138 valence electrons. The Bertz CT molecular complexity index is 840. The summed E-state index contributed by atoms with van der Waals surface area (Å²) in [5.41, 5.74) is 1.26. The second kappa shape index (κ2) is 9.40. The molecule has 1 unspecified atom stereocenters. The molecule has 27 heavy (non-hydrogen) atoms. The number of hydrogen-bond donors (Lipinski definition) is 1. The number of ether oxygens (including phenoxy) is 1. The second-order valence-corrected chi connectivity index (χ2v) is 8.80. The van der Waals surface area contributed by atoms with Crippen LogP contribution in [0.25, 0.3) is 0 Å². The van der Waals surface area contributed by atoms with Gasteiger partial charge in [0, 0.05) is 0 Å². The van der Waals surface area contributed by atoms with E-state index in [4.69, 9.17) is 4.74 Å². The summed E-state index contributed by atoms with van der Waals surface area (Å²) in [4.78, 5) is 12.4. The molecule has 3 aromatic carbocycles. The fourth-order valence-corrected chi connectivity index (χ4v) is 4.70. The fourth-order valence-electron chi connectivity index (χ4n) is 2.63. The molecule has 3 nitrogen and oxygen atoms in total. The van der Waals surface area contributed by atoms with Gasteiger partial charge in [0.2, 0.25) is 0 Å². The van der Waals surface area contributed by atoms with Crippen LogP contribution in [-0.2, 0) is 4.74 Å². The number of rotatable bonds is 8. The molecule has 0 radical (unpaired) electrons. The van der Waals surface area contributed by atoms with Gasteiger partial charge in [0.15, 0.2) is 0 Å². The molecule has 0 saturated carbocycles. The van der Waals surface area contributed by atoms with Crippen LogP contribution in [0.3, 0.4) is 0 Å². The minimum atomic E-state index is -0.346. The third-order valence-corrected chi connectivity index (χ3v) is 6.96. The maximum absolute atomic E-state index is 12.4. The first-order valence-corrected chi connectivity index (χ1v) is 10.9. The predicted molar refractivity (Wildman–Crippen MR) is 112 cm³/mol. The Morgan fingerprint density at radius 3 is 2.07 bits per heavy atom. The van der Waals surface area contributed by atoms with Crippen LogP contribution in [0, 0.1) is 0 Å². The third kappa shape index (κ3) is 5.99. The molecule has 3 aromatic rings. The van der Waals surface area contributed by atoms with E-state index in [1.165, 1.54) is 4.46 Å². The van der Waals surface area contributed by atoms with Gasteiger partial charge in [-0.15, -0.1) is 0 Å². The molecule has 0 aromatic heterocycles. The molecule has 0 amide bonds. The van der Waals surface area contributed by atoms with Gasteiger partial charge in [0.1, 0.15) is 0 Å².